The Balaban J connectivity index is 1.42. The minimum Gasteiger partial charge on any atom is -0.389 e. The molecule has 1 saturated heterocycles. The Bertz CT molecular complexity index is 1630. The number of pyridine rings is 2. The summed E-state index contributed by atoms with van der Waals surface area (Å²) in [6.07, 6.45) is 6.39. The Labute approximate surface area is 205 Å². The van der Waals surface area contributed by atoms with Gasteiger partial charge in [0.05, 0.1) is 47.9 Å². The first-order valence-electron chi connectivity index (χ1n) is 11.8. The standard InChI is InChI=1S/C28H23FN4O3/c29-20-10-19(13-30-14-20)24-6-5-17(12-31-24)9-18-11-23-27(22-4-2-1-3-21(18)22)32-16-33(28(23)35)25-7-8-36-15-26(25)34/h1-6,10-14,16,25-26,34H,7-9,15H2/t25-,26-/m0/s1. The molecule has 8 heteroatoms. The van der Waals surface area contributed by atoms with Gasteiger partial charge in [0.2, 0.25) is 0 Å². The van der Waals surface area contributed by atoms with Crippen LogP contribution in [0.25, 0.3) is 32.9 Å². The number of hydrogen-bond acceptors (Lipinski definition) is 6. The van der Waals surface area contributed by atoms with Crippen molar-refractivity contribution in [2.24, 2.45) is 0 Å². The van der Waals surface area contributed by atoms with Crippen LogP contribution in [-0.4, -0.2) is 43.9 Å². The van der Waals surface area contributed by atoms with E-state index in [0.29, 0.717) is 41.6 Å². The first kappa shape index (κ1) is 22.5. The smallest absolute Gasteiger partial charge is 0.261 e. The third kappa shape index (κ3) is 4.04. The number of nitrogens with zero attached hydrogens (tertiary/aromatic N) is 4. The average molecular weight is 483 g/mol. The maximum atomic E-state index is 13.6. The quantitative estimate of drug-likeness (QED) is 0.389. The molecule has 0 unspecified atom stereocenters. The van der Waals surface area contributed by atoms with Crippen LogP contribution in [0.4, 0.5) is 4.39 Å². The predicted octanol–water partition coefficient (Wildman–Crippen LogP) is 4.06. The van der Waals surface area contributed by atoms with E-state index in [2.05, 4.69) is 15.0 Å². The normalized spacial score (nSPS) is 18.1. The molecule has 1 N–H and O–H groups in total. The van der Waals surface area contributed by atoms with Crippen molar-refractivity contribution < 1.29 is 14.2 Å². The lowest BCUT2D eigenvalue weighted by molar-refractivity contribution is -0.0395. The molecule has 6 rings (SSSR count). The predicted molar refractivity (Wildman–Crippen MR) is 134 cm³/mol. The van der Waals surface area contributed by atoms with Crippen molar-refractivity contribution in [1.82, 2.24) is 19.5 Å². The average Bonchev–Trinajstić information content (AvgIpc) is 2.90. The number of hydrogen-bond donors (Lipinski definition) is 1. The molecule has 3 aromatic heterocycles. The number of aromatic nitrogens is 4. The van der Waals surface area contributed by atoms with Gasteiger partial charge in [-0.2, -0.15) is 0 Å². The summed E-state index contributed by atoms with van der Waals surface area (Å²) in [6.45, 7) is 0.691. The van der Waals surface area contributed by atoms with Gasteiger partial charge in [-0.15, -0.1) is 0 Å². The minimum absolute atomic E-state index is 0.176. The second-order valence-electron chi connectivity index (χ2n) is 9.05. The molecule has 0 amide bonds. The minimum atomic E-state index is -0.756. The molecule has 36 heavy (non-hydrogen) atoms. The Hall–Kier alpha value is -4.01. The SMILES string of the molecule is O=c1c2cc(Cc3ccc(-c4cncc(F)c4)nc3)c3ccccc3c2ncn1[C@H]1CCOC[C@@H]1O. The van der Waals surface area contributed by atoms with E-state index in [1.807, 2.05) is 42.5 Å². The molecule has 0 spiro atoms. The molecule has 4 heterocycles. The highest BCUT2D eigenvalue weighted by atomic mass is 19.1. The zero-order valence-corrected chi connectivity index (χ0v) is 19.3. The molecule has 2 atom stereocenters. The molecule has 0 bridgehead atoms. The van der Waals surface area contributed by atoms with E-state index in [1.54, 1.807) is 18.7 Å². The molecule has 0 radical (unpaired) electrons. The lowest BCUT2D eigenvalue weighted by Crippen LogP contribution is -2.39. The maximum absolute atomic E-state index is 13.6. The van der Waals surface area contributed by atoms with Gasteiger partial charge in [-0.05, 0) is 47.6 Å². The molecular formula is C28H23FN4O3. The fraction of sp³-hybridized carbons (Fsp3) is 0.214. The lowest BCUT2D eigenvalue weighted by atomic mass is 9.96. The summed E-state index contributed by atoms with van der Waals surface area (Å²) in [4.78, 5) is 26.6. The number of aliphatic hydroxyl groups excluding tert-OH is 1. The van der Waals surface area contributed by atoms with Crippen molar-refractivity contribution in [1.29, 1.82) is 0 Å². The second kappa shape index (κ2) is 9.22. The molecule has 1 fully saturated rings. The Morgan fingerprint density at radius 3 is 2.67 bits per heavy atom. The molecular weight excluding hydrogens is 459 g/mol. The molecule has 180 valence electrons. The number of rotatable bonds is 4. The van der Waals surface area contributed by atoms with Gasteiger partial charge in [-0.25, -0.2) is 9.37 Å². The number of ether oxygens (including phenoxy) is 1. The largest absolute Gasteiger partial charge is 0.389 e. The van der Waals surface area contributed by atoms with Crippen molar-refractivity contribution in [3.63, 3.8) is 0 Å². The number of halogens is 1. The van der Waals surface area contributed by atoms with Gasteiger partial charge in [-0.3, -0.25) is 19.3 Å². The highest BCUT2D eigenvalue weighted by molar-refractivity contribution is 6.06. The molecule has 5 aromatic rings. The molecule has 0 aliphatic carbocycles. The zero-order valence-electron chi connectivity index (χ0n) is 19.3. The van der Waals surface area contributed by atoms with Crippen LogP contribution in [0.1, 0.15) is 23.6 Å². The molecule has 2 aromatic carbocycles. The van der Waals surface area contributed by atoms with Gasteiger partial charge in [0.25, 0.3) is 5.56 Å². The number of fused-ring (bicyclic) bond motifs is 3. The topological polar surface area (TPSA) is 90.1 Å². The van der Waals surface area contributed by atoms with Gasteiger partial charge in [-0.1, -0.05) is 30.3 Å². The maximum Gasteiger partial charge on any atom is 0.261 e. The highest BCUT2D eigenvalue weighted by Gasteiger charge is 2.27. The van der Waals surface area contributed by atoms with Crippen LogP contribution < -0.4 is 5.56 Å². The van der Waals surface area contributed by atoms with Crippen LogP contribution in [0.2, 0.25) is 0 Å². The lowest BCUT2D eigenvalue weighted by Gasteiger charge is -2.29. The summed E-state index contributed by atoms with van der Waals surface area (Å²) in [5.41, 5.74) is 3.64. The molecule has 1 aliphatic heterocycles. The van der Waals surface area contributed by atoms with Crippen LogP contribution >= 0.6 is 0 Å². The van der Waals surface area contributed by atoms with Crippen molar-refractivity contribution in [3.05, 3.63) is 101 Å². The van der Waals surface area contributed by atoms with Crippen molar-refractivity contribution >= 4 is 21.7 Å². The van der Waals surface area contributed by atoms with Crippen molar-refractivity contribution in [3.8, 4) is 11.3 Å². The third-order valence-corrected chi connectivity index (χ3v) is 6.75. The fourth-order valence-electron chi connectivity index (χ4n) is 4.94. The summed E-state index contributed by atoms with van der Waals surface area (Å²) in [6, 6.07) is 14.6. The van der Waals surface area contributed by atoms with E-state index < -0.39 is 11.9 Å². The molecule has 0 saturated carbocycles. The van der Waals surface area contributed by atoms with E-state index in [-0.39, 0.29) is 18.2 Å². The summed E-state index contributed by atoms with van der Waals surface area (Å²) in [5.74, 6) is -0.409. The summed E-state index contributed by atoms with van der Waals surface area (Å²) >= 11 is 0. The second-order valence-corrected chi connectivity index (χ2v) is 9.05. The van der Waals surface area contributed by atoms with E-state index in [1.165, 1.54) is 10.6 Å². The van der Waals surface area contributed by atoms with Crippen molar-refractivity contribution in [2.75, 3.05) is 13.2 Å². The fourth-order valence-corrected chi connectivity index (χ4v) is 4.94. The van der Waals surface area contributed by atoms with Crippen LogP contribution in [0, 0.1) is 5.82 Å². The van der Waals surface area contributed by atoms with Gasteiger partial charge in [0, 0.05) is 30.0 Å². The first-order valence-corrected chi connectivity index (χ1v) is 11.8. The van der Waals surface area contributed by atoms with Crippen LogP contribution in [-0.2, 0) is 11.2 Å². The van der Waals surface area contributed by atoms with Gasteiger partial charge < -0.3 is 9.84 Å². The first-order chi connectivity index (χ1) is 17.6. The van der Waals surface area contributed by atoms with Gasteiger partial charge in [0.1, 0.15) is 5.82 Å². The molecule has 7 nitrogen and oxygen atoms in total. The zero-order chi connectivity index (χ0) is 24.6. The summed E-state index contributed by atoms with van der Waals surface area (Å²) in [5, 5.41) is 12.8. The number of benzene rings is 2. The van der Waals surface area contributed by atoms with E-state index in [0.717, 1.165) is 28.1 Å². The third-order valence-electron chi connectivity index (χ3n) is 6.75. The summed E-state index contributed by atoms with van der Waals surface area (Å²) < 4.78 is 20.4. The van der Waals surface area contributed by atoms with E-state index >= 15 is 0 Å². The Morgan fingerprint density at radius 2 is 1.89 bits per heavy atom. The van der Waals surface area contributed by atoms with E-state index in [9.17, 15) is 14.3 Å². The van der Waals surface area contributed by atoms with Crippen LogP contribution in [0.5, 0.6) is 0 Å². The van der Waals surface area contributed by atoms with E-state index in [4.69, 9.17) is 4.74 Å². The monoisotopic (exact) mass is 482 g/mol. The van der Waals surface area contributed by atoms with Crippen LogP contribution in [0.15, 0.2) is 78.2 Å². The highest BCUT2D eigenvalue weighted by Crippen LogP contribution is 2.29. The Kier molecular flexibility index (Phi) is 5.75. The van der Waals surface area contributed by atoms with Gasteiger partial charge >= 0.3 is 0 Å². The molecule has 1 aliphatic rings. The van der Waals surface area contributed by atoms with Crippen LogP contribution in [0.3, 0.4) is 0 Å². The van der Waals surface area contributed by atoms with Gasteiger partial charge in [0.15, 0.2) is 0 Å². The number of aliphatic hydroxyl groups is 1. The summed E-state index contributed by atoms with van der Waals surface area (Å²) in [7, 11) is 0. The Morgan fingerprint density at radius 1 is 1.03 bits per heavy atom. The van der Waals surface area contributed by atoms with Crippen molar-refractivity contribution in [2.45, 2.75) is 25.0 Å².